The number of carbonyl (C=O) groups is 2. The predicted octanol–water partition coefficient (Wildman–Crippen LogP) is -0.105. The van der Waals surface area contributed by atoms with Crippen molar-refractivity contribution in [3.63, 3.8) is 0 Å². The van der Waals surface area contributed by atoms with Crippen molar-refractivity contribution in [3.8, 4) is 0 Å². The second-order valence-electron chi connectivity index (χ2n) is 7.10. The highest BCUT2D eigenvalue weighted by molar-refractivity contribution is 6.06. The van der Waals surface area contributed by atoms with E-state index < -0.39 is 17.7 Å². The molecule has 3 amide bonds. The first-order valence-corrected chi connectivity index (χ1v) is 8.57. The molecule has 25 heavy (non-hydrogen) atoms. The zero-order valence-corrected chi connectivity index (χ0v) is 14.7. The van der Waals surface area contributed by atoms with E-state index in [1.54, 1.807) is 20.0 Å². The van der Waals surface area contributed by atoms with Crippen LogP contribution >= 0.6 is 0 Å². The van der Waals surface area contributed by atoms with Crippen molar-refractivity contribution in [3.05, 3.63) is 24.4 Å². The van der Waals surface area contributed by atoms with Gasteiger partial charge in [0.15, 0.2) is 0 Å². The highest BCUT2D eigenvalue weighted by atomic mass is 16.3. The Hall–Kier alpha value is -2.19. The zero-order valence-electron chi connectivity index (χ0n) is 14.7. The van der Waals surface area contributed by atoms with Gasteiger partial charge in [0.2, 0.25) is 0 Å². The van der Waals surface area contributed by atoms with Gasteiger partial charge in [-0.25, -0.2) is 9.78 Å². The summed E-state index contributed by atoms with van der Waals surface area (Å²) in [5, 5.41) is 12.9. The topological polar surface area (TPSA) is 89.0 Å². The van der Waals surface area contributed by atoms with Gasteiger partial charge in [0.1, 0.15) is 11.4 Å². The number of imide groups is 1. The van der Waals surface area contributed by atoms with Gasteiger partial charge in [-0.2, -0.15) is 0 Å². The molecule has 0 bridgehead atoms. The van der Waals surface area contributed by atoms with Crippen LogP contribution in [0.2, 0.25) is 0 Å². The molecule has 0 spiro atoms. The van der Waals surface area contributed by atoms with E-state index in [4.69, 9.17) is 0 Å². The fraction of sp³-hybridized carbons (Fsp3) is 0.588. The standard InChI is InChI=1S/C17H25N5O3/c1-17(2)15(24)22(16(25)19-17)12-13(23)11-20-7-9-21(10-8-20)14-5-3-4-6-18-14/h3-6,13,23H,7-12H2,1-2H3,(H,19,25)/t13-/m0/s1. The summed E-state index contributed by atoms with van der Waals surface area (Å²) in [5.41, 5.74) is -0.898. The van der Waals surface area contributed by atoms with Crippen molar-refractivity contribution in [2.75, 3.05) is 44.2 Å². The van der Waals surface area contributed by atoms with Gasteiger partial charge >= 0.3 is 6.03 Å². The van der Waals surface area contributed by atoms with E-state index in [1.165, 1.54) is 0 Å². The Balaban J connectivity index is 1.48. The number of aromatic nitrogens is 1. The van der Waals surface area contributed by atoms with Crippen molar-refractivity contribution in [2.24, 2.45) is 0 Å². The first kappa shape index (κ1) is 17.6. The number of nitrogens with zero attached hydrogens (tertiary/aromatic N) is 4. The van der Waals surface area contributed by atoms with Gasteiger partial charge in [-0.1, -0.05) is 6.07 Å². The summed E-state index contributed by atoms with van der Waals surface area (Å²) < 4.78 is 0. The van der Waals surface area contributed by atoms with Crippen LogP contribution in [0.25, 0.3) is 0 Å². The first-order chi connectivity index (χ1) is 11.9. The number of nitrogens with one attached hydrogen (secondary N) is 1. The van der Waals surface area contributed by atoms with Gasteiger partial charge in [-0.05, 0) is 26.0 Å². The van der Waals surface area contributed by atoms with Crippen LogP contribution in [-0.4, -0.2) is 82.7 Å². The molecule has 3 heterocycles. The molecule has 0 saturated carbocycles. The number of carbonyl (C=O) groups excluding carboxylic acids is 2. The number of pyridine rings is 1. The number of hydrogen-bond donors (Lipinski definition) is 2. The quantitative estimate of drug-likeness (QED) is 0.723. The van der Waals surface area contributed by atoms with Crippen molar-refractivity contribution >= 4 is 17.8 Å². The van der Waals surface area contributed by atoms with Gasteiger partial charge in [0, 0.05) is 38.9 Å². The minimum atomic E-state index is -0.898. The van der Waals surface area contributed by atoms with Gasteiger partial charge in [-0.15, -0.1) is 0 Å². The van der Waals surface area contributed by atoms with Crippen LogP contribution in [0.15, 0.2) is 24.4 Å². The molecule has 1 aromatic rings. The monoisotopic (exact) mass is 347 g/mol. The molecule has 0 unspecified atom stereocenters. The van der Waals surface area contributed by atoms with E-state index in [0.717, 1.165) is 36.9 Å². The molecule has 1 aromatic heterocycles. The largest absolute Gasteiger partial charge is 0.390 e. The van der Waals surface area contributed by atoms with E-state index in [1.807, 2.05) is 18.2 Å². The molecule has 3 rings (SSSR count). The Morgan fingerprint density at radius 1 is 1.20 bits per heavy atom. The van der Waals surface area contributed by atoms with Gasteiger partial charge < -0.3 is 15.3 Å². The maximum absolute atomic E-state index is 12.2. The highest BCUT2D eigenvalue weighted by Gasteiger charge is 2.44. The number of β-amino-alcohol motifs (C(OH)–C–C–N with tert-alkyl or cyclic N) is 1. The number of piperazine rings is 1. The second kappa shape index (κ2) is 6.97. The molecule has 8 heteroatoms. The molecule has 136 valence electrons. The molecular weight excluding hydrogens is 322 g/mol. The van der Waals surface area contributed by atoms with Crippen molar-refractivity contribution < 1.29 is 14.7 Å². The van der Waals surface area contributed by atoms with E-state index in [2.05, 4.69) is 20.1 Å². The molecule has 0 radical (unpaired) electrons. The van der Waals surface area contributed by atoms with Crippen molar-refractivity contribution in [2.45, 2.75) is 25.5 Å². The van der Waals surface area contributed by atoms with Gasteiger partial charge in [-0.3, -0.25) is 14.6 Å². The third-order valence-electron chi connectivity index (χ3n) is 4.65. The number of amides is 3. The normalized spacial score (nSPS) is 22.2. The third-order valence-corrected chi connectivity index (χ3v) is 4.65. The number of rotatable bonds is 5. The van der Waals surface area contributed by atoms with Gasteiger partial charge in [0.05, 0.1) is 12.6 Å². The minimum absolute atomic E-state index is 0.0224. The molecule has 2 aliphatic rings. The lowest BCUT2D eigenvalue weighted by Gasteiger charge is -2.36. The maximum Gasteiger partial charge on any atom is 0.325 e. The summed E-state index contributed by atoms with van der Waals surface area (Å²) in [6, 6.07) is 5.42. The summed E-state index contributed by atoms with van der Waals surface area (Å²) in [7, 11) is 0. The lowest BCUT2D eigenvalue weighted by atomic mass is 10.1. The Bertz CT molecular complexity index is 628. The summed E-state index contributed by atoms with van der Waals surface area (Å²) in [6.07, 6.45) is 1.02. The zero-order chi connectivity index (χ0) is 18.0. The number of urea groups is 1. The van der Waals surface area contributed by atoms with E-state index in [0.29, 0.717) is 6.54 Å². The average Bonchev–Trinajstić information content (AvgIpc) is 2.78. The summed E-state index contributed by atoms with van der Waals surface area (Å²) in [4.78, 5) is 33.9. The number of aliphatic hydroxyl groups is 1. The fourth-order valence-corrected chi connectivity index (χ4v) is 3.25. The molecule has 2 aliphatic heterocycles. The molecule has 0 aromatic carbocycles. The lowest BCUT2D eigenvalue weighted by Crippen LogP contribution is -2.51. The third kappa shape index (κ3) is 3.91. The van der Waals surface area contributed by atoms with Crippen LogP contribution < -0.4 is 10.2 Å². The summed E-state index contributed by atoms with van der Waals surface area (Å²) in [5.74, 6) is 0.667. The molecular formula is C17H25N5O3. The molecule has 8 nitrogen and oxygen atoms in total. The maximum atomic E-state index is 12.2. The molecule has 1 atom stereocenters. The van der Waals surface area contributed by atoms with Crippen LogP contribution in [0.1, 0.15) is 13.8 Å². The van der Waals surface area contributed by atoms with Crippen molar-refractivity contribution in [1.82, 2.24) is 20.1 Å². The van der Waals surface area contributed by atoms with E-state index in [-0.39, 0.29) is 12.5 Å². The predicted molar refractivity (Wildman–Crippen MR) is 93.2 cm³/mol. The Labute approximate surface area is 147 Å². The Morgan fingerprint density at radius 3 is 2.48 bits per heavy atom. The Kier molecular flexibility index (Phi) is 4.91. The number of aliphatic hydroxyl groups excluding tert-OH is 1. The van der Waals surface area contributed by atoms with Crippen LogP contribution in [-0.2, 0) is 4.79 Å². The second-order valence-corrected chi connectivity index (χ2v) is 7.10. The smallest absolute Gasteiger partial charge is 0.325 e. The van der Waals surface area contributed by atoms with Crippen LogP contribution in [0.4, 0.5) is 10.6 Å². The molecule has 2 saturated heterocycles. The summed E-state index contributed by atoms with van der Waals surface area (Å²) in [6.45, 7) is 7.06. The van der Waals surface area contributed by atoms with E-state index >= 15 is 0 Å². The first-order valence-electron chi connectivity index (χ1n) is 8.57. The fourth-order valence-electron chi connectivity index (χ4n) is 3.25. The van der Waals surface area contributed by atoms with Crippen LogP contribution in [0.3, 0.4) is 0 Å². The lowest BCUT2D eigenvalue weighted by molar-refractivity contribution is -0.131. The van der Waals surface area contributed by atoms with Gasteiger partial charge in [0.25, 0.3) is 5.91 Å². The Morgan fingerprint density at radius 2 is 1.92 bits per heavy atom. The molecule has 2 N–H and O–H groups in total. The highest BCUT2D eigenvalue weighted by Crippen LogP contribution is 2.17. The SMILES string of the molecule is CC1(C)NC(=O)N(C[C@@H](O)CN2CCN(c3ccccn3)CC2)C1=O. The number of anilines is 1. The molecule has 2 fully saturated rings. The summed E-state index contributed by atoms with van der Waals surface area (Å²) >= 11 is 0. The average molecular weight is 347 g/mol. The van der Waals surface area contributed by atoms with Crippen LogP contribution in [0, 0.1) is 0 Å². The number of hydrogen-bond acceptors (Lipinski definition) is 6. The molecule has 0 aliphatic carbocycles. The van der Waals surface area contributed by atoms with Crippen molar-refractivity contribution in [1.29, 1.82) is 0 Å². The van der Waals surface area contributed by atoms with Crippen LogP contribution in [0.5, 0.6) is 0 Å². The minimum Gasteiger partial charge on any atom is -0.390 e. The van der Waals surface area contributed by atoms with E-state index in [9.17, 15) is 14.7 Å².